The molecule has 0 aliphatic rings. The van der Waals surface area contributed by atoms with Crippen LogP contribution < -0.4 is 14.9 Å². The molecule has 0 fully saturated rings. The van der Waals surface area contributed by atoms with Crippen molar-refractivity contribution in [2.75, 3.05) is 13.2 Å². The minimum absolute atomic E-state index is 0.0132. The van der Waals surface area contributed by atoms with Gasteiger partial charge in [-0.2, -0.15) is 0 Å². The average Bonchev–Trinajstić information content (AvgIpc) is 2.69. The molecule has 0 saturated carbocycles. The smallest absolute Gasteiger partial charge is 0.492 e. The van der Waals surface area contributed by atoms with Crippen molar-refractivity contribution < 1.29 is 28.9 Å². The summed E-state index contributed by atoms with van der Waals surface area (Å²) >= 11 is 5.86. The number of nitrogens with zero attached hydrogens (tertiary/aromatic N) is 1. The zero-order chi connectivity index (χ0) is 21.8. The lowest BCUT2D eigenvalue weighted by atomic mass is 10.0. The van der Waals surface area contributed by atoms with Crippen molar-refractivity contribution in [2.24, 2.45) is 0 Å². The molecule has 1 aromatic heterocycles. The van der Waals surface area contributed by atoms with Crippen molar-refractivity contribution in [1.82, 2.24) is 4.57 Å². The van der Waals surface area contributed by atoms with Gasteiger partial charge in [-0.1, -0.05) is 23.7 Å². The summed E-state index contributed by atoms with van der Waals surface area (Å²) in [6, 6.07) is 7.86. The zero-order valence-electron chi connectivity index (χ0n) is 16.0. The quantitative estimate of drug-likeness (QED) is 0.547. The Balaban J connectivity index is 2.25. The van der Waals surface area contributed by atoms with Gasteiger partial charge in [-0.15, -0.1) is 0 Å². The highest BCUT2D eigenvalue weighted by atomic mass is 35.5. The Kier molecular flexibility index (Phi) is 6.59. The van der Waals surface area contributed by atoms with E-state index in [1.807, 2.05) is 0 Å². The van der Waals surface area contributed by atoms with Crippen LogP contribution in [0.25, 0.3) is 10.9 Å². The fraction of sp³-hybridized carbons (Fsp3) is 0.238. The van der Waals surface area contributed by atoms with Gasteiger partial charge in [0.2, 0.25) is 5.43 Å². The number of aliphatic hydroxyl groups excluding tert-OH is 1. The number of aliphatic hydroxyl groups is 1. The van der Waals surface area contributed by atoms with Crippen LogP contribution in [-0.4, -0.2) is 34.1 Å². The summed E-state index contributed by atoms with van der Waals surface area (Å²) in [6.45, 7) is 1.89. The maximum Gasteiger partial charge on any atom is 0.511 e. The molecule has 0 unspecified atom stereocenters. The van der Waals surface area contributed by atoms with E-state index in [4.69, 9.17) is 21.4 Å². The van der Waals surface area contributed by atoms with Crippen molar-refractivity contribution in [3.05, 3.63) is 68.7 Å². The third-order valence-corrected chi connectivity index (χ3v) is 4.72. The largest absolute Gasteiger partial charge is 0.511 e. The Labute approximate surface area is 175 Å². The van der Waals surface area contributed by atoms with Gasteiger partial charge in [0.05, 0.1) is 35.3 Å². The zero-order valence-corrected chi connectivity index (χ0v) is 16.8. The van der Waals surface area contributed by atoms with Crippen molar-refractivity contribution in [2.45, 2.75) is 19.9 Å². The predicted octanol–water partition coefficient (Wildman–Crippen LogP) is 3.83. The molecule has 0 saturated heterocycles. The van der Waals surface area contributed by atoms with Crippen molar-refractivity contribution in [3.8, 4) is 11.5 Å². The Hall–Kier alpha value is -3.10. The van der Waals surface area contributed by atoms with Crippen molar-refractivity contribution >= 4 is 28.7 Å². The summed E-state index contributed by atoms with van der Waals surface area (Å²) in [5.41, 5.74) is 0.616. The molecule has 2 aromatic carbocycles. The molecular weight excluding hydrogens is 417 g/mol. The van der Waals surface area contributed by atoms with Crippen LogP contribution in [0, 0.1) is 5.82 Å². The molecule has 9 heteroatoms. The van der Waals surface area contributed by atoms with E-state index >= 15 is 0 Å². The van der Waals surface area contributed by atoms with Crippen LogP contribution in [0.3, 0.4) is 0 Å². The molecule has 0 spiro atoms. The highest BCUT2D eigenvalue weighted by Gasteiger charge is 2.18. The van der Waals surface area contributed by atoms with Gasteiger partial charge in [-0.25, -0.2) is 9.18 Å². The SMILES string of the molecule is CCOc1cc(Cc2cccc(Cl)c2F)cc2c(=O)c(OC(=O)O)cn(CCO)c12. The second kappa shape index (κ2) is 9.15. The Bertz CT molecular complexity index is 1160. The van der Waals surface area contributed by atoms with E-state index in [-0.39, 0.29) is 30.0 Å². The number of rotatable bonds is 7. The summed E-state index contributed by atoms with van der Waals surface area (Å²) in [5.74, 6) is -0.616. The number of hydrogen-bond donors (Lipinski definition) is 2. The first-order valence-corrected chi connectivity index (χ1v) is 9.50. The molecule has 30 heavy (non-hydrogen) atoms. The van der Waals surface area contributed by atoms with E-state index in [0.717, 1.165) is 0 Å². The van der Waals surface area contributed by atoms with Gasteiger partial charge in [0.25, 0.3) is 0 Å². The molecule has 1 heterocycles. The van der Waals surface area contributed by atoms with Gasteiger partial charge in [0.15, 0.2) is 5.75 Å². The van der Waals surface area contributed by atoms with Gasteiger partial charge in [-0.05, 0) is 36.2 Å². The number of pyridine rings is 1. The van der Waals surface area contributed by atoms with E-state index in [0.29, 0.717) is 29.0 Å². The maximum atomic E-state index is 14.4. The number of fused-ring (bicyclic) bond motifs is 1. The van der Waals surface area contributed by atoms with E-state index in [2.05, 4.69) is 4.74 Å². The first kappa shape index (κ1) is 21.6. The first-order valence-electron chi connectivity index (χ1n) is 9.13. The van der Waals surface area contributed by atoms with Crippen LogP contribution in [0.5, 0.6) is 11.5 Å². The molecule has 7 nitrogen and oxygen atoms in total. The van der Waals surface area contributed by atoms with Crippen LogP contribution in [-0.2, 0) is 13.0 Å². The first-order chi connectivity index (χ1) is 14.3. The van der Waals surface area contributed by atoms with Gasteiger partial charge in [0.1, 0.15) is 11.6 Å². The second-order valence-corrected chi connectivity index (χ2v) is 6.83. The molecule has 0 radical (unpaired) electrons. The van der Waals surface area contributed by atoms with E-state index in [1.165, 1.54) is 22.9 Å². The van der Waals surface area contributed by atoms with Crippen LogP contribution in [0.1, 0.15) is 18.1 Å². The molecule has 3 aromatic rings. The molecule has 0 aliphatic heterocycles. The van der Waals surface area contributed by atoms with Gasteiger partial charge in [-0.3, -0.25) is 4.79 Å². The van der Waals surface area contributed by atoms with E-state index < -0.39 is 23.2 Å². The van der Waals surface area contributed by atoms with E-state index in [9.17, 15) is 19.1 Å². The summed E-state index contributed by atoms with van der Waals surface area (Å²) in [4.78, 5) is 23.9. The Morgan fingerprint density at radius 3 is 2.70 bits per heavy atom. The molecule has 2 N–H and O–H groups in total. The lowest BCUT2D eigenvalue weighted by molar-refractivity contribution is 0.143. The molecule has 0 aliphatic carbocycles. The molecule has 0 amide bonds. The summed E-state index contributed by atoms with van der Waals surface area (Å²) < 4.78 is 26.2. The number of aromatic nitrogens is 1. The summed E-state index contributed by atoms with van der Waals surface area (Å²) in [5, 5.41) is 18.4. The minimum atomic E-state index is -1.64. The van der Waals surface area contributed by atoms with Crippen LogP contribution in [0.15, 0.2) is 41.3 Å². The lowest BCUT2D eigenvalue weighted by Gasteiger charge is -2.17. The van der Waals surface area contributed by atoms with Crippen LogP contribution in [0.4, 0.5) is 9.18 Å². The number of carbonyl (C=O) groups is 1. The highest BCUT2D eigenvalue weighted by molar-refractivity contribution is 6.30. The molecule has 0 bridgehead atoms. The number of benzene rings is 2. The fourth-order valence-corrected chi connectivity index (χ4v) is 3.45. The highest BCUT2D eigenvalue weighted by Crippen LogP contribution is 2.30. The number of hydrogen-bond acceptors (Lipinski definition) is 5. The normalized spacial score (nSPS) is 10.9. The van der Waals surface area contributed by atoms with Crippen LogP contribution >= 0.6 is 11.6 Å². The predicted molar refractivity (Wildman–Crippen MR) is 109 cm³/mol. The van der Waals surface area contributed by atoms with Gasteiger partial charge in [0, 0.05) is 13.0 Å². The monoisotopic (exact) mass is 435 g/mol. The van der Waals surface area contributed by atoms with Crippen molar-refractivity contribution in [1.29, 1.82) is 0 Å². The maximum absolute atomic E-state index is 14.4. The average molecular weight is 436 g/mol. The third-order valence-electron chi connectivity index (χ3n) is 4.43. The number of ether oxygens (including phenoxy) is 2. The van der Waals surface area contributed by atoms with Crippen LogP contribution in [0.2, 0.25) is 5.02 Å². The van der Waals surface area contributed by atoms with Crippen molar-refractivity contribution in [3.63, 3.8) is 0 Å². The molecule has 158 valence electrons. The lowest BCUT2D eigenvalue weighted by Crippen LogP contribution is -2.18. The standard InChI is InChI=1S/C21H19ClFNO6/c1-2-29-16-10-12(8-13-4-3-5-15(22)18(13)23)9-14-19(16)24(6-7-25)11-17(20(14)26)30-21(27)28/h3-5,9-11,25H,2,6-8H2,1H3,(H,27,28). The molecule has 0 atom stereocenters. The molecule has 3 rings (SSSR count). The topological polar surface area (TPSA) is 98.0 Å². The Morgan fingerprint density at radius 2 is 2.03 bits per heavy atom. The van der Waals surface area contributed by atoms with Gasteiger partial charge < -0.3 is 24.3 Å². The Morgan fingerprint density at radius 1 is 1.27 bits per heavy atom. The van der Waals surface area contributed by atoms with E-state index in [1.54, 1.807) is 25.1 Å². The fourth-order valence-electron chi connectivity index (χ4n) is 3.26. The van der Waals surface area contributed by atoms with Gasteiger partial charge >= 0.3 is 6.16 Å². The summed E-state index contributed by atoms with van der Waals surface area (Å²) in [7, 11) is 0. The second-order valence-electron chi connectivity index (χ2n) is 6.42. The number of halogens is 2. The number of carboxylic acid groups (broad SMARTS) is 1. The minimum Gasteiger partial charge on any atom is -0.492 e. The molecular formula is C21H19ClFNO6. The third kappa shape index (κ3) is 4.39. The summed E-state index contributed by atoms with van der Waals surface area (Å²) in [6.07, 6.45) is -0.288.